The minimum Gasteiger partial charge on any atom is -0.464 e. The molecule has 4 rings (SSSR count). The standard InChI is InChI=1S/C23H22N2O4/c1-13-5-7-17(8-6-13)23-25-24-22(29-23)16(4)28-21(26)11-18-12-27-20-10-15(3)14(2)9-19(18)20/h5-10,12,16H,11H2,1-4H3/t16-/m1/s1. The highest BCUT2D eigenvalue weighted by Crippen LogP contribution is 2.27. The zero-order valence-electron chi connectivity index (χ0n) is 16.9. The fourth-order valence-electron chi connectivity index (χ4n) is 3.13. The monoisotopic (exact) mass is 390 g/mol. The van der Waals surface area contributed by atoms with Gasteiger partial charge in [-0.3, -0.25) is 4.79 Å². The first kappa shape index (κ1) is 18.9. The number of aromatic nitrogens is 2. The van der Waals surface area contributed by atoms with E-state index >= 15 is 0 Å². The number of aryl methyl sites for hydroxylation is 3. The molecular weight excluding hydrogens is 368 g/mol. The molecule has 29 heavy (non-hydrogen) atoms. The van der Waals surface area contributed by atoms with Crippen molar-refractivity contribution in [3.05, 3.63) is 70.8 Å². The number of rotatable bonds is 5. The third-order valence-electron chi connectivity index (χ3n) is 5.00. The summed E-state index contributed by atoms with van der Waals surface area (Å²) in [5.41, 5.74) is 5.83. The van der Waals surface area contributed by atoms with Gasteiger partial charge in [-0.15, -0.1) is 10.2 Å². The van der Waals surface area contributed by atoms with Crippen LogP contribution in [0.5, 0.6) is 0 Å². The van der Waals surface area contributed by atoms with E-state index in [2.05, 4.69) is 10.2 Å². The van der Waals surface area contributed by atoms with Crippen molar-refractivity contribution in [3.63, 3.8) is 0 Å². The molecule has 0 unspecified atom stereocenters. The molecule has 4 aromatic rings. The fraction of sp³-hybridized carbons (Fsp3) is 0.261. The van der Waals surface area contributed by atoms with Gasteiger partial charge in [-0.1, -0.05) is 17.7 Å². The lowest BCUT2D eigenvalue weighted by Crippen LogP contribution is -2.11. The molecule has 0 aliphatic carbocycles. The van der Waals surface area contributed by atoms with Crippen molar-refractivity contribution in [1.29, 1.82) is 0 Å². The molecule has 0 bridgehead atoms. The summed E-state index contributed by atoms with van der Waals surface area (Å²) in [5.74, 6) is 0.278. The second-order valence-electron chi connectivity index (χ2n) is 7.31. The Morgan fingerprint density at radius 3 is 2.55 bits per heavy atom. The Morgan fingerprint density at radius 1 is 1.07 bits per heavy atom. The van der Waals surface area contributed by atoms with Crippen molar-refractivity contribution >= 4 is 16.9 Å². The Balaban J connectivity index is 1.45. The van der Waals surface area contributed by atoms with Gasteiger partial charge >= 0.3 is 5.97 Å². The average Bonchev–Trinajstić information content (AvgIpc) is 3.31. The molecule has 0 saturated carbocycles. The highest BCUT2D eigenvalue weighted by molar-refractivity contribution is 5.86. The van der Waals surface area contributed by atoms with Crippen LogP contribution in [0.3, 0.4) is 0 Å². The number of hydrogen-bond donors (Lipinski definition) is 0. The molecule has 0 radical (unpaired) electrons. The maximum absolute atomic E-state index is 12.5. The van der Waals surface area contributed by atoms with Gasteiger partial charge in [-0.05, 0) is 63.1 Å². The van der Waals surface area contributed by atoms with Crippen LogP contribution in [0.1, 0.15) is 41.2 Å². The van der Waals surface area contributed by atoms with Gasteiger partial charge in [0.25, 0.3) is 5.89 Å². The maximum Gasteiger partial charge on any atom is 0.311 e. The van der Waals surface area contributed by atoms with Crippen LogP contribution in [0.15, 0.2) is 51.5 Å². The van der Waals surface area contributed by atoms with Crippen LogP contribution in [-0.4, -0.2) is 16.2 Å². The number of ether oxygens (including phenoxy) is 1. The number of esters is 1. The molecule has 148 valence electrons. The molecule has 2 aromatic carbocycles. The topological polar surface area (TPSA) is 78.4 Å². The summed E-state index contributed by atoms with van der Waals surface area (Å²) >= 11 is 0. The number of benzene rings is 2. The molecule has 6 nitrogen and oxygen atoms in total. The van der Waals surface area contributed by atoms with E-state index in [0.717, 1.165) is 38.8 Å². The van der Waals surface area contributed by atoms with E-state index in [1.54, 1.807) is 13.2 Å². The largest absolute Gasteiger partial charge is 0.464 e. The van der Waals surface area contributed by atoms with E-state index < -0.39 is 6.10 Å². The third kappa shape index (κ3) is 3.92. The summed E-state index contributed by atoms with van der Waals surface area (Å²) in [6.07, 6.45) is 1.08. The molecule has 0 N–H and O–H groups in total. The lowest BCUT2D eigenvalue weighted by molar-refractivity contribution is -0.148. The van der Waals surface area contributed by atoms with Crippen LogP contribution in [0.4, 0.5) is 0 Å². The van der Waals surface area contributed by atoms with Gasteiger partial charge in [0.15, 0.2) is 6.10 Å². The molecule has 6 heteroatoms. The van der Waals surface area contributed by atoms with Gasteiger partial charge in [0, 0.05) is 16.5 Å². The van der Waals surface area contributed by atoms with Crippen molar-refractivity contribution in [2.45, 2.75) is 40.2 Å². The van der Waals surface area contributed by atoms with Crippen LogP contribution in [0, 0.1) is 20.8 Å². The SMILES string of the molecule is Cc1ccc(-c2nnc([C@@H](C)OC(=O)Cc3coc4cc(C)c(C)cc34)o2)cc1. The van der Waals surface area contributed by atoms with E-state index in [1.165, 1.54) is 0 Å². The van der Waals surface area contributed by atoms with Crippen molar-refractivity contribution in [1.82, 2.24) is 10.2 Å². The number of nitrogens with zero attached hydrogens (tertiary/aromatic N) is 2. The molecule has 2 heterocycles. The summed E-state index contributed by atoms with van der Waals surface area (Å²) < 4.78 is 16.8. The van der Waals surface area contributed by atoms with Crippen LogP contribution < -0.4 is 0 Å². The highest BCUT2D eigenvalue weighted by atomic mass is 16.6. The predicted octanol–water partition coefficient (Wildman–Crippen LogP) is 5.25. The van der Waals surface area contributed by atoms with Crippen molar-refractivity contribution < 1.29 is 18.4 Å². The summed E-state index contributed by atoms with van der Waals surface area (Å²) in [7, 11) is 0. The smallest absolute Gasteiger partial charge is 0.311 e. The minimum absolute atomic E-state index is 0.110. The molecular formula is C23H22N2O4. The third-order valence-corrected chi connectivity index (χ3v) is 5.00. The number of fused-ring (bicyclic) bond motifs is 1. The van der Waals surface area contributed by atoms with Crippen LogP contribution in [0.2, 0.25) is 0 Å². The minimum atomic E-state index is -0.642. The number of hydrogen-bond acceptors (Lipinski definition) is 6. The molecule has 0 fully saturated rings. The normalized spacial score (nSPS) is 12.3. The zero-order valence-corrected chi connectivity index (χ0v) is 16.9. The van der Waals surface area contributed by atoms with Crippen LogP contribution in [-0.2, 0) is 16.0 Å². The lowest BCUT2D eigenvalue weighted by atomic mass is 10.0. The van der Waals surface area contributed by atoms with Crippen LogP contribution >= 0.6 is 0 Å². The molecule has 0 aliphatic rings. The van der Waals surface area contributed by atoms with Gasteiger partial charge in [-0.2, -0.15) is 0 Å². The lowest BCUT2D eigenvalue weighted by Gasteiger charge is -2.09. The Hall–Kier alpha value is -3.41. The number of furan rings is 1. The molecule has 0 saturated heterocycles. The van der Waals surface area contributed by atoms with Gasteiger partial charge in [0.2, 0.25) is 5.89 Å². The Bertz CT molecular complexity index is 1170. The first-order valence-corrected chi connectivity index (χ1v) is 9.48. The van der Waals surface area contributed by atoms with E-state index in [-0.39, 0.29) is 18.3 Å². The van der Waals surface area contributed by atoms with Gasteiger partial charge in [0.1, 0.15) is 5.58 Å². The first-order chi connectivity index (χ1) is 13.9. The second kappa shape index (κ2) is 7.54. The quantitative estimate of drug-likeness (QED) is 0.433. The Morgan fingerprint density at radius 2 is 1.79 bits per heavy atom. The second-order valence-corrected chi connectivity index (χ2v) is 7.31. The van der Waals surface area contributed by atoms with E-state index in [1.807, 2.05) is 57.2 Å². The van der Waals surface area contributed by atoms with Crippen molar-refractivity contribution in [2.24, 2.45) is 0 Å². The zero-order chi connectivity index (χ0) is 20.5. The van der Waals surface area contributed by atoms with Crippen LogP contribution in [0.25, 0.3) is 22.4 Å². The molecule has 0 aliphatic heterocycles. The predicted molar refractivity (Wildman–Crippen MR) is 108 cm³/mol. The molecule has 0 spiro atoms. The molecule has 0 amide bonds. The maximum atomic E-state index is 12.5. The number of carbonyl (C=O) groups is 1. The number of carbonyl (C=O) groups excluding carboxylic acids is 1. The summed E-state index contributed by atoms with van der Waals surface area (Å²) in [5, 5.41) is 9.01. The van der Waals surface area contributed by atoms with Crippen molar-refractivity contribution in [2.75, 3.05) is 0 Å². The van der Waals surface area contributed by atoms with E-state index in [4.69, 9.17) is 13.6 Å². The van der Waals surface area contributed by atoms with E-state index in [9.17, 15) is 4.79 Å². The summed E-state index contributed by atoms with van der Waals surface area (Å²) in [4.78, 5) is 12.5. The van der Waals surface area contributed by atoms with Gasteiger partial charge in [0.05, 0.1) is 12.7 Å². The first-order valence-electron chi connectivity index (χ1n) is 9.48. The summed E-state index contributed by atoms with van der Waals surface area (Å²) in [6.45, 7) is 7.79. The highest BCUT2D eigenvalue weighted by Gasteiger charge is 2.20. The van der Waals surface area contributed by atoms with E-state index in [0.29, 0.717) is 5.89 Å². The van der Waals surface area contributed by atoms with Crippen molar-refractivity contribution in [3.8, 4) is 11.5 Å². The molecule has 1 atom stereocenters. The average molecular weight is 390 g/mol. The fourth-order valence-corrected chi connectivity index (χ4v) is 3.13. The Kier molecular flexibility index (Phi) is 4.92. The van der Waals surface area contributed by atoms with Gasteiger partial charge < -0.3 is 13.6 Å². The van der Waals surface area contributed by atoms with Gasteiger partial charge in [-0.25, -0.2) is 0 Å². The Labute approximate surface area is 168 Å². The molecule has 2 aromatic heterocycles. The summed E-state index contributed by atoms with van der Waals surface area (Å²) in [6, 6.07) is 11.8.